The van der Waals surface area contributed by atoms with Crippen molar-refractivity contribution < 1.29 is 33.3 Å². The highest BCUT2D eigenvalue weighted by molar-refractivity contribution is 6.42. The third kappa shape index (κ3) is 10.3. The van der Waals surface area contributed by atoms with Crippen LogP contribution in [0.5, 0.6) is 11.5 Å². The van der Waals surface area contributed by atoms with Gasteiger partial charge in [-0.2, -0.15) is 0 Å². The van der Waals surface area contributed by atoms with Crippen LogP contribution < -0.4 is 9.47 Å². The molecule has 0 unspecified atom stereocenters. The quantitative estimate of drug-likeness (QED) is 0.119. The summed E-state index contributed by atoms with van der Waals surface area (Å²) in [6.07, 6.45) is 1.58. The average molecular weight is 795 g/mol. The zero-order chi connectivity index (χ0) is 37.6. The van der Waals surface area contributed by atoms with Gasteiger partial charge in [-0.15, -0.1) is 0 Å². The molecule has 1 atom stereocenters. The zero-order valence-electron chi connectivity index (χ0n) is 30.0. The van der Waals surface area contributed by atoms with E-state index < -0.39 is 17.7 Å². The zero-order valence-corrected chi connectivity index (χ0v) is 33.0. The van der Waals surface area contributed by atoms with Gasteiger partial charge in [-0.1, -0.05) is 70.7 Å². The third-order valence-corrected chi connectivity index (χ3v) is 9.96. The van der Waals surface area contributed by atoms with E-state index in [9.17, 15) is 9.59 Å². The van der Waals surface area contributed by atoms with Gasteiger partial charge in [-0.3, -0.25) is 9.69 Å². The van der Waals surface area contributed by atoms with Crippen LogP contribution in [-0.4, -0.2) is 79.8 Å². The predicted octanol–water partition coefficient (Wildman–Crippen LogP) is 9.64. The fourth-order valence-electron chi connectivity index (χ4n) is 6.05. The van der Waals surface area contributed by atoms with E-state index >= 15 is 0 Å². The molecule has 280 valence electrons. The molecule has 3 aromatic carbocycles. The number of benzene rings is 3. The summed E-state index contributed by atoms with van der Waals surface area (Å²) in [6.45, 7) is 8.38. The second-order valence-electron chi connectivity index (χ2n) is 13.8. The fourth-order valence-corrected chi connectivity index (χ4v) is 7.13. The summed E-state index contributed by atoms with van der Waals surface area (Å²) in [5.74, 6) is 0.818. The first-order valence-corrected chi connectivity index (χ1v) is 18.6. The molecule has 0 N–H and O–H groups in total. The van der Waals surface area contributed by atoms with Gasteiger partial charge in [0.05, 0.1) is 32.7 Å². The summed E-state index contributed by atoms with van der Waals surface area (Å²) >= 11 is 25.6. The molecule has 0 saturated heterocycles. The molecule has 0 spiro atoms. The molecule has 2 amide bonds. The van der Waals surface area contributed by atoms with E-state index in [0.29, 0.717) is 50.1 Å². The monoisotopic (exact) mass is 792 g/mol. The lowest BCUT2D eigenvalue weighted by molar-refractivity contribution is -0.129. The van der Waals surface area contributed by atoms with Crippen molar-refractivity contribution in [3.05, 3.63) is 97.0 Å². The fraction of sp³-hybridized carbons (Fsp3) is 0.436. The van der Waals surface area contributed by atoms with Gasteiger partial charge < -0.3 is 28.6 Å². The lowest BCUT2D eigenvalue weighted by atomic mass is 9.87. The number of ether oxygens (including phenoxy) is 5. The Morgan fingerprint density at radius 1 is 0.923 bits per heavy atom. The van der Waals surface area contributed by atoms with E-state index in [1.807, 2.05) is 69.0 Å². The topological polar surface area (TPSA) is 86.8 Å². The van der Waals surface area contributed by atoms with Crippen LogP contribution in [0.3, 0.4) is 0 Å². The molecule has 52 heavy (non-hydrogen) atoms. The number of hydrogen-bond donors (Lipinski definition) is 0. The van der Waals surface area contributed by atoms with Crippen LogP contribution in [0.1, 0.15) is 56.7 Å². The van der Waals surface area contributed by atoms with Gasteiger partial charge in [0.2, 0.25) is 0 Å². The molecule has 0 bridgehead atoms. The van der Waals surface area contributed by atoms with Gasteiger partial charge in [0.15, 0.2) is 5.75 Å². The van der Waals surface area contributed by atoms with Crippen molar-refractivity contribution in [2.75, 3.05) is 40.3 Å². The summed E-state index contributed by atoms with van der Waals surface area (Å²) in [7, 11) is 1.52. The van der Waals surface area contributed by atoms with Gasteiger partial charge in [0.1, 0.15) is 31.4 Å². The molecule has 0 radical (unpaired) electrons. The molecule has 9 nitrogen and oxygen atoms in total. The Hall–Kier alpha value is -3.18. The van der Waals surface area contributed by atoms with Crippen LogP contribution in [0.2, 0.25) is 20.1 Å². The van der Waals surface area contributed by atoms with Gasteiger partial charge in [-0.25, -0.2) is 4.79 Å². The van der Waals surface area contributed by atoms with Crippen LogP contribution >= 0.6 is 46.4 Å². The Balaban J connectivity index is 1.46. The van der Waals surface area contributed by atoms with Crippen molar-refractivity contribution in [2.45, 2.75) is 71.2 Å². The highest BCUT2D eigenvalue weighted by Gasteiger charge is 2.43. The molecule has 1 heterocycles. The van der Waals surface area contributed by atoms with Crippen LogP contribution in [0.25, 0.3) is 5.57 Å². The Morgan fingerprint density at radius 3 is 2.23 bits per heavy atom. The van der Waals surface area contributed by atoms with Gasteiger partial charge >= 0.3 is 6.09 Å². The van der Waals surface area contributed by atoms with E-state index in [0.717, 1.165) is 35.1 Å². The number of carbonyl (C=O) groups is 2. The predicted molar refractivity (Wildman–Crippen MR) is 205 cm³/mol. The summed E-state index contributed by atoms with van der Waals surface area (Å²) < 4.78 is 28.6. The highest BCUT2D eigenvalue weighted by atomic mass is 35.5. The minimum Gasteiger partial charge on any atom is -0.490 e. The Kier molecular flexibility index (Phi) is 13.7. The molecule has 13 heteroatoms. The Morgan fingerprint density at radius 2 is 1.60 bits per heavy atom. The van der Waals surface area contributed by atoms with Gasteiger partial charge in [0, 0.05) is 31.8 Å². The molecular formula is C39H44Cl4N2O7. The summed E-state index contributed by atoms with van der Waals surface area (Å²) in [5, 5.41) is 1.69. The van der Waals surface area contributed by atoms with Crippen LogP contribution in [0, 0.1) is 6.92 Å². The van der Waals surface area contributed by atoms with Crippen LogP contribution in [-0.2, 0) is 25.5 Å². The second-order valence-corrected chi connectivity index (χ2v) is 15.4. The number of aryl methyl sites for hydroxylation is 1. The van der Waals surface area contributed by atoms with E-state index in [1.165, 1.54) is 7.11 Å². The van der Waals surface area contributed by atoms with E-state index in [2.05, 4.69) is 0 Å². The molecule has 2 aliphatic rings. The van der Waals surface area contributed by atoms with Crippen molar-refractivity contribution >= 4 is 64.0 Å². The molecule has 5 rings (SSSR count). The standard InChI is InChI=1S/C39H44Cl4N2O7/c1-24-19-31(41)36(32(42)20-24)51-18-17-50-28-13-9-25(10-14-28)29-15-16-44(38(47)52-39(2,3)4)33(22-49-23-48-5)34(29)37(46)45(27-11-12-27)21-26-7-6-8-30(40)35(26)43/h6-10,13-14,19-20,27,33H,11-12,15-18,21-23H2,1-5H3/t33-/m1/s1. The molecule has 3 aromatic rings. The highest BCUT2D eigenvalue weighted by Crippen LogP contribution is 2.39. The van der Waals surface area contributed by atoms with Crippen molar-refractivity contribution in [3.8, 4) is 11.5 Å². The Labute approximate surface area is 325 Å². The maximum absolute atomic E-state index is 15.0. The number of nitrogens with zero attached hydrogens (tertiary/aromatic N) is 2. The first-order chi connectivity index (χ1) is 24.8. The molecule has 1 saturated carbocycles. The minimum atomic E-state index is -0.758. The number of halogens is 4. The van der Waals surface area contributed by atoms with Crippen molar-refractivity contribution in [1.29, 1.82) is 0 Å². The lowest BCUT2D eigenvalue weighted by Crippen LogP contribution is -2.52. The molecule has 1 aliphatic heterocycles. The summed E-state index contributed by atoms with van der Waals surface area (Å²) in [6, 6.07) is 15.8. The SMILES string of the molecule is COCOC[C@@H]1C(C(=O)N(Cc2cccc(Cl)c2Cl)C2CC2)=C(c2ccc(OCCOc3c(Cl)cc(C)cc3Cl)cc2)CCN1C(=O)OC(C)(C)C. The molecule has 1 aliphatic carbocycles. The van der Waals surface area contributed by atoms with E-state index in [4.69, 9.17) is 70.1 Å². The second kappa shape index (κ2) is 17.8. The summed E-state index contributed by atoms with van der Waals surface area (Å²) in [5.41, 5.74) is 3.01. The smallest absolute Gasteiger partial charge is 0.410 e. The third-order valence-electron chi connectivity index (χ3n) is 8.54. The van der Waals surface area contributed by atoms with E-state index in [1.54, 1.807) is 23.1 Å². The van der Waals surface area contributed by atoms with Crippen molar-refractivity contribution in [2.24, 2.45) is 0 Å². The van der Waals surface area contributed by atoms with Crippen molar-refractivity contribution in [3.63, 3.8) is 0 Å². The number of carbonyl (C=O) groups excluding carboxylic acids is 2. The van der Waals surface area contributed by atoms with Crippen LogP contribution in [0.4, 0.5) is 4.79 Å². The normalized spacial score (nSPS) is 16.2. The summed E-state index contributed by atoms with van der Waals surface area (Å²) in [4.78, 5) is 32.0. The number of amides is 2. The Bertz CT molecular complexity index is 1750. The van der Waals surface area contributed by atoms with E-state index in [-0.39, 0.29) is 45.1 Å². The number of hydrogen-bond acceptors (Lipinski definition) is 7. The maximum atomic E-state index is 15.0. The first kappa shape index (κ1) is 40.0. The molecular weight excluding hydrogens is 750 g/mol. The number of methoxy groups -OCH3 is 1. The van der Waals surface area contributed by atoms with Crippen LogP contribution in [0.15, 0.2) is 60.2 Å². The largest absolute Gasteiger partial charge is 0.490 e. The maximum Gasteiger partial charge on any atom is 0.410 e. The first-order valence-electron chi connectivity index (χ1n) is 17.1. The molecule has 1 fully saturated rings. The number of rotatable bonds is 14. The molecule has 0 aromatic heterocycles. The average Bonchev–Trinajstić information content (AvgIpc) is 3.93. The lowest BCUT2D eigenvalue weighted by Gasteiger charge is -2.40. The minimum absolute atomic E-state index is 0.0106. The van der Waals surface area contributed by atoms with Crippen molar-refractivity contribution in [1.82, 2.24) is 9.80 Å². The van der Waals surface area contributed by atoms with Gasteiger partial charge in [-0.05, 0) is 99.6 Å². The van der Waals surface area contributed by atoms with Gasteiger partial charge in [0.25, 0.3) is 5.91 Å².